The molecule has 4 nitrogen and oxygen atoms in total. The highest BCUT2D eigenvalue weighted by Gasteiger charge is 2.09. The van der Waals surface area contributed by atoms with E-state index in [4.69, 9.17) is 10.5 Å². The van der Waals surface area contributed by atoms with Crippen LogP contribution in [0, 0.1) is 0 Å². The molecule has 21 heavy (non-hydrogen) atoms. The molecule has 1 aromatic heterocycles. The topological polar surface area (TPSA) is 53.1 Å². The maximum atomic E-state index is 6.22. The van der Waals surface area contributed by atoms with Crippen molar-refractivity contribution in [2.45, 2.75) is 6.54 Å². The van der Waals surface area contributed by atoms with E-state index >= 15 is 0 Å². The molecule has 0 fully saturated rings. The highest BCUT2D eigenvalue weighted by molar-refractivity contribution is 5.73. The molecule has 2 aromatic carbocycles. The smallest absolute Gasteiger partial charge is 0.129 e. The summed E-state index contributed by atoms with van der Waals surface area (Å²) in [4.78, 5) is 0. The average Bonchev–Trinajstić information content (AvgIpc) is 2.90. The van der Waals surface area contributed by atoms with Gasteiger partial charge in [0.05, 0.1) is 19.9 Å². The fraction of sp³-hybridized carbons (Fsp3) is 0.118. The van der Waals surface area contributed by atoms with Gasteiger partial charge in [0.25, 0.3) is 0 Å². The maximum Gasteiger partial charge on any atom is 0.129 e. The van der Waals surface area contributed by atoms with Crippen molar-refractivity contribution >= 4 is 5.82 Å². The highest BCUT2D eigenvalue weighted by Crippen LogP contribution is 2.25. The molecule has 0 saturated carbocycles. The lowest BCUT2D eigenvalue weighted by Crippen LogP contribution is -2.06. The van der Waals surface area contributed by atoms with Crippen molar-refractivity contribution in [3.05, 3.63) is 66.4 Å². The Kier molecular flexibility index (Phi) is 3.60. The van der Waals surface area contributed by atoms with Gasteiger partial charge in [0.15, 0.2) is 0 Å². The third-order valence-electron chi connectivity index (χ3n) is 3.46. The molecule has 106 valence electrons. The van der Waals surface area contributed by atoms with E-state index in [0.717, 1.165) is 22.4 Å². The first kappa shape index (κ1) is 13.2. The minimum absolute atomic E-state index is 0.642. The van der Waals surface area contributed by atoms with E-state index in [0.29, 0.717) is 12.4 Å². The van der Waals surface area contributed by atoms with Crippen molar-refractivity contribution in [2.75, 3.05) is 12.8 Å². The monoisotopic (exact) mass is 279 g/mol. The van der Waals surface area contributed by atoms with Crippen LogP contribution in [0.1, 0.15) is 5.56 Å². The molecule has 0 bridgehead atoms. The summed E-state index contributed by atoms with van der Waals surface area (Å²) in [6, 6.07) is 18.0. The van der Waals surface area contributed by atoms with Gasteiger partial charge in [-0.15, -0.1) is 0 Å². The second-order valence-electron chi connectivity index (χ2n) is 4.82. The second kappa shape index (κ2) is 5.71. The molecule has 0 aliphatic rings. The summed E-state index contributed by atoms with van der Waals surface area (Å²) < 4.78 is 6.97. The maximum absolute atomic E-state index is 6.22. The third kappa shape index (κ3) is 2.74. The Labute approximate surface area is 123 Å². The van der Waals surface area contributed by atoms with Crippen molar-refractivity contribution < 1.29 is 4.74 Å². The lowest BCUT2D eigenvalue weighted by atomic mass is 10.1. The number of nitrogen functional groups attached to an aromatic ring is 1. The van der Waals surface area contributed by atoms with Gasteiger partial charge in [-0.3, -0.25) is 0 Å². The van der Waals surface area contributed by atoms with Gasteiger partial charge in [-0.2, -0.15) is 5.10 Å². The van der Waals surface area contributed by atoms with Crippen LogP contribution >= 0.6 is 0 Å². The molecule has 0 radical (unpaired) electrons. The number of aromatic nitrogens is 2. The Hall–Kier alpha value is -2.75. The number of anilines is 1. The molecule has 4 heteroatoms. The molecule has 3 rings (SSSR count). The first-order valence-corrected chi connectivity index (χ1v) is 6.77. The summed E-state index contributed by atoms with van der Waals surface area (Å²) in [5.74, 6) is 1.52. The molecule has 0 aliphatic carbocycles. The van der Waals surface area contributed by atoms with Crippen molar-refractivity contribution in [3.63, 3.8) is 0 Å². The van der Waals surface area contributed by atoms with Crippen LogP contribution in [0.25, 0.3) is 11.1 Å². The molecule has 1 heterocycles. The number of rotatable bonds is 4. The van der Waals surface area contributed by atoms with Gasteiger partial charge in [0, 0.05) is 5.56 Å². The van der Waals surface area contributed by atoms with Gasteiger partial charge in [0.2, 0.25) is 0 Å². The van der Waals surface area contributed by atoms with Crippen LogP contribution in [0.2, 0.25) is 0 Å². The average molecular weight is 279 g/mol. The number of benzene rings is 2. The van der Waals surface area contributed by atoms with Crippen LogP contribution < -0.4 is 10.5 Å². The van der Waals surface area contributed by atoms with Gasteiger partial charge >= 0.3 is 0 Å². The third-order valence-corrected chi connectivity index (χ3v) is 3.46. The number of nitrogens with two attached hydrogens (primary N) is 1. The van der Waals surface area contributed by atoms with Crippen LogP contribution in [-0.2, 0) is 6.54 Å². The molecule has 2 N–H and O–H groups in total. The van der Waals surface area contributed by atoms with Crippen molar-refractivity contribution in [2.24, 2.45) is 0 Å². The Morgan fingerprint density at radius 1 is 1.05 bits per heavy atom. The Bertz CT molecular complexity index is 718. The lowest BCUT2D eigenvalue weighted by Gasteiger charge is -2.07. The molecule has 0 amide bonds. The lowest BCUT2D eigenvalue weighted by molar-refractivity contribution is 0.414. The second-order valence-corrected chi connectivity index (χ2v) is 4.82. The standard InChI is InChI=1S/C17H17N3O/c1-21-15-9-7-13(8-10-15)12-20-17(18)16(11-19-20)14-5-3-2-4-6-14/h2-11H,12,18H2,1H3. The van der Waals surface area contributed by atoms with Crippen LogP contribution in [-0.4, -0.2) is 16.9 Å². The summed E-state index contributed by atoms with van der Waals surface area (Å²) in [7, 11) is 1.66. The van der Waals surface area contributed by atoms with E-state index in [-0.39, 0.29) is 0 Å². The minimum Gasteiger partial charge on any atom is -0.497 e. The zero-order chi connectivity index (χ0) is 14.7. The predicted molar refractivity (Wildman–Crippen MR) is 84.2 cm³/mol. The first-order valence-electron chi connectivity index (χ1n) is 6.77. The summed E-state index contributed by atoms with van der Waals surface area (Å²) in [6.07, 6.45) is 1.81. The molecule has 3 aromatic rings. The minimum atomic E-state index is 0.642. The number of nitrogens with zero attached hydrogens (tertiary/aromatic N) is 2. The molecular formula is C17H17N3O. The van der Waals surface area contributed by atoms with Crippen LogP contribution in [0.3, 0.4) is 0 Å². The van der Waals surface area contributed by atoms with Crippen molar-refractivity contribution in [3.8, 4) is 16.9 Å². The molecule has 0 saturated heterocycles. The van der Waals surface area contributed by atoms with Crippen molar-refractivity contribution in [1.82, 2.24) is 9.78 Å². The van der Waals surface area contributed by atoms with Crippen LogP contribution in [0.15, 0.2) is 60.8 Å². The van der Waals surface area contributed by atoms with Gasteiger partial charge in [0.1, 0.15) is 11.6 Å². The zero-order valence-corrected chi connectivity index (χ0v) is 11.9. The highest BCUT2D eigenvalue weighted by atomic mass is 16.5. The van der Waals surface area contributed by atoms with Gasteiger partial charge < -0.3 is 10.5 Å². The normalized spacial score (nSPS) is 10.5. The zero-order valence-electron chi connectivity index (χ0n) is 11.9. The molecule has 0 atom stereocenters. The Morgan fingerprint density at radius 2 is 1.76 bits per heavy atom. The molecule has 0 unspecified atom stereocenters. The van der Waals surface area contributed by atoms with Gasteiger partial charge in [-0.05, 0) is 23.3 Å². The quantitative estimate of drug-likeness (QED) is 0.798. The van der Waals surface area contributed by atoms with E-state index in [2.05, 4.69) is 5.10 Å². The molecule has 0 aliphatic heterocycles. The van der Waals surface area contributed by atoms with E-state index in [1.165, 1.54) is 0 Å². The van der Waals surface area contributed by atoms with Crippen LogP contribution in [0.5, 0.6) is 5.75 Å². The summed E-state index contributed by atoms with van der Waals surface area (Å²) >= 11 is 0. The van der Waals surface area contributed by atoms with Crippen LogP contribution in [0.4, 0.5) is 5.82 Å². The van der Waals surface area contributed by atoms with E-state index < -0.39 is 0 Å². The fourth-order valence-electron chi connectivity index (χ4n) is 2.26. The number of methoxy groups -OCH3 is 1. The largest absolute Gasteiger partial charge is 0.497 e. The van der Waals surface area contributed by atoms with E-state index in [1.54, 1.807) is 7.11 Å². The molecular weight excluding hydrogens is 262 g/mol. The SMILES string of the molecule is COc1ccc(Cn2ncc(-c3ccccc3)c2N)cc1. The summed E-state index contributed by atoms with van der Waals surface area (Å²) in [6.45, 7) is 0.642. The summed E-state index contributed by atoms with van der Waals surface area (Å²) in [5, 5.41) is 4.39. The van der Waals surface area contributed by atoms with Gasteiger partial charge in [-0.25, -0.2) is 4.68 Å². The van der Waals surface area contributed by atoms with Gasteiger partial charge in [-0.1, -0.05) is 42.5 Å². The molecule has 0 spiro atoms. The predicted octanol–water partition coefficient (Wildman–Crippen LogP) is 3.19. The first-order chi connectivity index (χ1) is 10.3. The van der Waals surface area contributed by atoms with Crippen molar-refractivity contribution in [1.29, 1.82) is 0 Å². The number of ether oxygens (including phenoxy) is 1. The van der Waals surface area contributed by atoms with E-state index in [9.17, 15) is 0 Å². The number of hydrogen-bond acceptors (Lipinski definition) is 3. The fourth-order valence-corrected chi connectivity index (χ4v) is 2.26. The Balaban J connectivity index is 1.85. The Morgan fingerprint density at radius 3 is 2.43 bits per heavy atom. The number of hydrogen-bond donors (Lipinski definition) is 1. The summed E-state index contributed by atoms with van der Waals surface area (Å²) in [5.41, 5.74) is 9.39. The van der Waals surface area contributed by atoms with E-state index in [1.807, 2.05) is 65.5 Å².